The average Bonchev–Trinajstić information content (AvgIpc) is 3.12. The van der Waals surface area contributed by atoms with E-state index in [0.717, 1.165) is 16.9 Å². The highest BCUT2D eigenvalue weighted by molar-refractivity contribution is 6.04. The molecule has 27 heavy (non-hydrogen) atoms. The molecule has 2 heterocycles. The number of hydrogen-bond acceptors (Lipinski definition) is 5. The van der Waals surface area contributed by atoms with E-state index in [0.29, 0.717) is 17.1 Å². The van der Waals surface area contributed by atoms with Gasteiger partial charge in [-0.3, -0.25) is 4.79 Å². The van der Waals surface area contributed by atoms with Crippen molar-refractivity contribution in [2.45, 2.75) is 6.23 Å². The lowest BCUT2D eigenvalue weighted by Gasteiger charge is -2.15. The summed E-state index contributed by atoms with van der Waals surface area (Å²) < 4.78 is 5.84. The summed E-state index contributed by atoms with van der Waals surface area (Å²) in [5.74, 6) is 0.429. The molecule has 0 fully saturated rings. The molecule has 0 saturated heterocycles. The van der Waals surface area contributed by atoms with E-state index in [1.807, 2.05) is 73.6 Å². The number of carbonyl (C=O) groups excluding carboxylic acids is 1. The molecular formula is C21H20N4O2. The van der Waals surface area contributed by atoms with Crippen molar-refractivity contribution >= 4 is 23.0 Å². The quantitative estimate of drug-likeness (QED) is 0.739. The number of hydrogen-bond donors (Lipinski definition) is 2. The second-order valence-corrected chi connectivity index (χ2v) is 6.52. The number of pyridine rings is 1. The van der Waals surface area contributed by atoms with E-state index >= 15 is 0 Å². The Balaban J connectivity index is 1.50. The lowest BCUT2D eigenvalue weighted by Crippen LogP contribution is -2.15. The summed E-state index contributed by atoms with van der Waals surface area (Å²) in [5, 5.41) is 6.23. The highest BCUT2D eigenvalue weighted by Gasteiger charge is 2.24. The number of ether oxygens (including phenoxy) is 1. The van der Waals surface area contributed by atoms with Gasteiger partial charge >= 0.3 is 0 Å². The van der Waals surface area contributed by atoms with Crippen LogP contribution in [-0.2, 0) is 0 Å². The third kappa shape index (κ3) is 3.55. The van der Waals surface area contributed by atoms with Crippen molar-refractivity contribution in [1.29, 1.82) is 0 Å². The minimum atomic E-state index is -0.330. The molecule has 4 rings (SSSR count). The topological polar surface area (TPSA) is 66.5 Å². The van der Waals surface area contributed by atoms with Gasteiger partial charge in [-0.2, -0.15) is 0 Å². The van der Waals surface area contributed by atoms with Crippen molar-refractivity contribution in [2.24, 2.45) is 0 Å². The van der Waals surface area contributed by atoms with Crippen molar-refractivity contribution < 1.29 is 9.53 Å². The normalized spacial score (nSPS) is 14.7. The zero-order valence-electron chi connectivity index (χ0n) is 15.1. The molecule has 2 N–H and O–H groups in total. The van der Waals surface area contributed by atoms with Crippen LogP contribution in [0.3, 0.4) is 0 Å². The maximum Gasteiger partial charge on any atom is 0.255 e. The Kier molecular flexibility index (Phi) is 4.38. The van der Waals surface area contributed by atoms with Gasteiger partial charge in [0.05, 0.1) is 0 Å². The molecule has 6 heteroatoms. The van der Waals surface area contributed by atoms with Gasteiger partial charge in [-0.15, -0.1) is 0 Å². The van der Waals surface area contributed by atoms with E-state index in [4.69, 9.17) is 4.74 Å². The Morgan fingerprint density at radius 3 is 2.78 bits per heavy atom. The van der Waals surface area contributed by atoms with E-state index in [1.54, 1.807) is 12.3 Å². The average molecular weight is 360 g/mol. The maximum absolute atomic E-state index is 12.6. The van der Waals surface area contributed by atoms with E-state index in [9.17, 15) is 4.79 Å². The van der Waals surface area contributed by atoms with Crippen LogP contribution in [0.1, 0.15) is 22.1 Å². The molecule has 1 aromatic heterocycles. The largest absolute Gasteiger partial charge is 0.448 e. The molecule has 1 aliphatic heterocycles. The summed E-state index contributed by atoms with van der Waals surface area (Å²) in [6.45, 7) is 0. The first-order valence-electron chi connectivity index (χ1n) is 8.67. The fourth-order valence-corrected chi connectivity index (χ4v) is 2.94. The second kappa shape index (κ2) is 6.99. The highest BCUT2D eigenvalue weighted by Crippen LogP contribution is 2.36. The number of rotatable bonds is 4. The monoisotopic (exact) mass is 360 g/mol. The minimum absolute atomic E-state index is 0.152. The Hall–Kier alpha value is -3.54. The molecule has 2 aromatic carbocycles. The Morgan fingerprint density at radius 1 is 1.11 bits per heavy atom. The summed E-state index contributed by atoms with van der Waals surface area (Å²) in [7, 11) is 3.89. The van der Waals surface area contributed by atoms with Crippen LogP contribution in [0.15, 0.2) is 66.9 Å². The predicted molar refractivity (Wildman–Crippen MR) is 106 cm³/mol. The van der Waals surface area contributed by atoms with Crippen LogP contribution in [0.4, 0.5) is 17.1 Å². The van der Waals surface area contributed by atoms with Gasteiger partial charge in [-0.25, -0.2) is 4.98 Å². The molecule has 0 bridgehead atoms. The van der Waals surface area contributed by atoms with Crippen molar-refractivity contribution in [3.8, 4) is 5.88 Å². The third-order valence-electron chi connectivity index (χ3n) is 4.36. The molecule has 1 amide bonds. The van der Waals surface area contributed by atoms with Gasteiger partial charge in [0.15, 0.2) is 6.23 Å². The number of fused-ring (bicyclic) bond motifs is 1. The number of benzene rings is 2. The Morgan fingerprint density at radius 2 is 1.96 bits per heavy atom. The van der Waals surface area contributed by atoms with Gasteiger partial charge in [-0.1, -0.05) is 18.2 Å². The molecule has 1 aliphatic rings. The number of nitrogens with one attached hydrogen (secondary N) is 2. The van der Waals surface area contributed by atoms with Gasteiger partial charge in [-0.05, 0) is 42.5 Å². The second-order valence-electron chi connectivity index (χ2n) is 6.52. The van der Waals surface area contributed by atoms with Crippen molar-refractivity contribution in [3.05, 3.63) is 78.0 Å². The molecule has 1 atom stereocenters. The van der Waals surface area contributed by atoms with Crippen molar-refractivity contribution in [1.82, 2.24) is 4.98 Å². The highest BCUT2D eigenvalue weighted by atomic mass is 16.5. The number of aromatic nitrogens is 1. The predicted octanol–water partition coefficient (Wildman–Crippen LogP) is 3.90. The zero-order valence-corrected chi connectivity index (χ0v) is 15.1. The van der Waals surface area contributed by atoms with Gasteiger partial charge in [0.2, 0.25) is 5.88 Å². The molecule has 0 saturated carbocycles. The van der Waals surface area contributed by atoms with E-state index in [1.165, 1.54) is 0 Å². The molecule has 1 unspecified atom stereocenters. The molecule has 0 spiro atoms. The smallest absolute Gasteiger partial charge is 0.255 e. The molecule has 0 aliphatic carbocycles. The van der Waals surface area contributed by atoms with Crippen LogP contribution >= 0.6 is 0 Å². The Bertz CT molecular complexity index is 962. The number of carbonyl (C=O) groups is 1. The van der Waals surface area contributed by atoms with Gasteiger partial charge in [0, 0.05) is 42.8 Å². The van der Waals surface area contributed by atoms with Crippen molar-refractivity contribution in [2.75, 3.05) is 29.6 Å². The zero-order chi connectivity index (χ0) is 18.8. The lowest BCUT2D eigenvalue weighted by molar-refractivity contribution is 0.102. The van der Waals surface area contributed by atoms with Gasteiger partial charge in [0.25, 0.3) is 5.91 Å². The van der Waals surface area contributed by atoms with Gasteiger partial charge in [0.1, 0.15) is 5.69 Å². The lowest BCUT2D eigenvalue weighted by atomic mass is 10.1. The number of amides is 1. The first kappa shape index (κ1) is 16.9. The summed E-state index contributed by atoms with van der Waals surface area (Å²) >= 11 is 0. The van der Waals surface area contributed by atoms with Crippen molar-refractivity contribution in [3.63, 3.8) is 0 Å². The Labute approximate surface area is 157 Å². The first-order chi connectivity index (χ1) is 13.1. The maximum atomic E-state index is 12.6. The molecule has 3 aromatic rings. The number of nitrogens with zero attached hydrogens (tertiary/aromatic N) is 2. The summed E-state index contributed by atoms with van der Waals surface area (Å²) in [5.41, 5.74) is 4.07. The van der Waals surface area contributed by atoms with Crippen LogP contribution in [0.2, 0.25) is 0 Å². The fourth-order valence-electron chi connectivity index (χ4n) is 2.94. The standard InChI is InChI=1S/C21H20N4O2/c1-25(2)17-9-4-6-14(13-17)19(26)23-16-8-3-7-15(12-16)20-24-18-10-5-11-22-21(18)27-20/h3-13,20,24H,1-2H3,(H,23,26). The molecule has 136 valence electrons. The molecule has 0 radical (unpaired) electrons. The minimum Gasteiger partial charge on any atom is -0.448 e. The first-order valence-corrected chi connectivity index (χ1v) is 8.67. The van der Waals surface area contributed by atoms with Crippen LogP contribution in [0, 0.1) is 0 Å². The SMILES string of the molecule is CN(C)c1cccc(C(=O)Nc2cccc(C3Nc4cccnc4O3)c2)c1. The van der Waals surface area contributed by atoms with Crippen LogP contribution in [0.25, 0.3) is 0 Å². The van der Waals surface area contributed by atoms with Gasteiger partial charge < -0.3 is 20.3 Å². The van der Waals surface area contributed by atoms with Crippen LogP contribution in [0.5, 0.6) is 5.88 Å². The van der Waals surface area contributed by atoms with E-state index in [2.05, 4.69) is 15.6 Å². The summed E-state index contributed by atoms with van der Waals surface area (Å²) in [6, 6.07) is 18.9. The number of anilines is 3. The fraction of sp³-hybridized carbons (Fsp3) is 0.143. The third-order valence-corrected chi connectivity index (χ3v) is 4.36. The summed E-state index contributed by atoms with van der Waals surface area (Å²) in [4.78, 5) is 18.8. The van der Waals surface area contributed by atoms with Crippen LogP contribution in [-0.4, -0.2) is 25.0 Å². The molecule has 6 nitrogen and oxygen atoms in total. The summed E-state index contributed by atoms with van der Waals surface area (Å²) in [6.07, 6.45) is 1.37. The van der Waals surface area contributed by atoms with E-state index in [-0.39, 0.29) is 12.1 Å². The molecular weight excluding hydrogens is 340 g/mol. The van der Waals surface area contributed by atoms with E-state index < -0.39 is 0 Å². The van der Waals surface area contributed by atoms with Crippen LogP contribution < -0.4 is 20.3 Å².